The highest BCUT2D eigenvalue weighted by Crippen LogP contribution is 2.19. The number of nitrogens with one attached hydrogen (secondary N) is 2. The molecule has 0 aromatic carbocycles. The van der Waals surface area contributed by atoms with Crippen molar-refractivity contribution in [2.45, 2.75) is 27.3 Å². The molecule has 1 aromatic heterocycles. The Morgan fingerprint density at radius 3 is 2.74 bits per heavy atom. The molecule has 5 nitrogen and oxygen atoms in total. The van der Waals surface area contributed by atoms with E-state index in [4.69, 9.17) is 5.11 Å². The molecule has 1 rings (SSSR count). The van der Waals surface area contributed by atoms with Crippen LogP contribution in [0.3, 0.4) is 0 Å². The molecule has 0 aliphatic heterocycles. The largest absolute Gasteiger partial charge is 0.395 e. The number of hydrogen-bond donors (Lipinski definition) is 3. The van der Waals surface area contributed by atoms with E-state index in [2.05, 4.69) is 15.6 Å². The van der Waals surface area contributed by atoms with Gasteiger partial charge < -0.3 is 15.7 Å². The molecular weight excluding hydrogens is 249 g/mol. The number of carbonyl (C=O) groups excluding carboxylic acids is 1. The summed E-state index contributed by atoms with van der Waals surface area (Å²) in [6.45, 7) is 6.07. The first-order valence-corrected chi connectivity index (χ1v) is 6.12. The molecule has 3 N–H and O–H groups in total. The minimum absolute atomic E-state index is 0.00751. The van der Waals surface area contributed by atoms with Crippen molar-refractivity contribution >= 4 is 11.7 Å². The molecule has 0 saturated heterocycles. The van der Waals surface area contributed by atoms with Crippen LogP contribution >= 0.6 is 0 Å². The molecule has 0 spiro atoms. The van der Waals surface area contributed by atoms with Gasteiger partial charge in [0.05, 0.1) is 12.8 Å². The van der Waals surface area contributed by atoms with Crippen molar-refractivity contribution in [3.63, 3.8) is 0 Å². The Morgan fingerprint density at radius 1 is 1.47 bits per heavy atom. The topological polar surface area (TPSA) is 74.2 Å². The molecule has 0 saturated carbocycles. The smallest absolute Gasteiger partial charge is 0.230 e. The van der Waals surface area contributed by atoms with Crippen molar-refractivity contribution in [3.8, 4) is 0 Å². The van der Waals surface area contributed by atoms with Crippen molar-refractivity contribution in [1.29, 1.82) is 0 Å². The number of aromatic nitrogens is 1. The molecule has 0 aliphatic carbocycles. The number of anilines is 1. The molecule has 1 heterocycles. The lowest BCUT2D eigenvalue weighted by atomic mass is 9.95. The van der Waals surface area contributed by atoms with E-state index in [-0.39, 0.29) is 12.5 Å². The van der Waals surface area contributed by atoms with E-state index >= 15 is 0 Å². The number of nitrogens with zero attached hydrogens (tertiary/aromatic N) is 1. The zero-order chi connectivity index (χ0) is 14.5. The Balaban J connectivity index is 2.84. The summed E-state index contributed by atoms with van der Waals surface area (Å²) in [6, 6.07) is 1.32. The van der Waals surface area contributed by atoms with E-state index in [9.17, 15) is 9.18 Å². The van der Waals surface area contributed by atoms with Crippen molar-refractivity contribution in [2.24, 2.45) is 5.41 Å². The van der Waals surface area contributed by atoms with Crippen LogP contribution in [-0.4, -0.2) is 29.1 Å². The van der Waals surface area contributed by atoms with Crippen LogP contribution in [0.4, 0.5) is 10.2 Å². The summed E-state index contributed by atoms with van der Waals surface area (Å²) >= 11 is 0. The summed E-state index contributed by atoms with van der Waals surface area (Å²) in [6.07, 6.45) is 1.06. The Morgan fingerprint density at radius 2 is 2.16 bits per heavy atom. The van der Waals surface area contributed by atoms with Crippen LogP contribution in [0.2, 0.25) is 0 Å². The summed E-state index contributed by atoms with van der Waals surface area (Å²) in [5.74, 6) is -0.309. The van der Waals surface area contributed by atoms with Gasteiger partial charge >= 0.3 is 0 Å². The lowest BCUT2D eigenvalue weighted by Gasteiger charge is -2.18. The summed E-state index contributed by atoms with van der Waals surface area (Å²) in [5.41, 5.74) is -0.00247. The quantitative estimate of drug-likeness (QED) is 0.704. The molecule has 106 valence electrons. The third-order valence-electron chi connectivity index (χ3n) is 2.45. The molecule has 0 atom stereocenters. The molecule has 19 heavy (non-hydrogen) atoms. The molecule has 0 aliphatic rings. The van der Waals surface area contributed by atoms with Gasteiger partial charge in [0.25, 0.3) is 0 Å². The van der Waals surface area contributed by atoms with Crippen molar-refractivity contribution in [3.05, 3.63) is 23.6 Å². The predicted molar refractivity (Wildman–Crippen MR) is 71.1 cm³/mol. The van der Waals surface area contributed by atoms with Crippen LogP contribution in [0.1, 0.15) is 26.3 Å². The maximum atomic E-state index is 13.2. The Hall–Kier alpha value is -1.53. The van der Waals surface area contributed by atoms with Gasteiger partial charge in [-0.15, -0.1) is 0 Å². The highest BCUT2D eigenvalue weighted by molar-refractivity contribution is 5.94. The van der Waals surface area contributed by atoms with E-state index in [0.29, 0.717) is 24.5 Å². The average Bonchev–Trinajstić information content (AvgIpc) is 2.31. The van der Waals surface area contributed by atoms with Gasteiger partial charge in [0.1, 0.15) is 11.6 Å². The summed E-state index contributed by atoms with van der Waals surface area (Å²) in [5, 5.41) is 14.3. The highest BCUT2D eigenvalue weighted by Gasteiger charge is 2.22. The Bertz CT molecular complexity index is 444. The van der Waals surface area contributed by atoms with Crippen molar-refractivity contribution < 1.29 is 14.3 Å². The van der Waals surface area contributed by atoms with Crippen LogP contribution < -0.4 is 10.6 Å². The maximum Gasteiger partial charge on any atom is 0.230 e. The SMILES string of the molecule is CC(C)(C)C(=O)Nc1ncc(F)cc1CNCCO. The average molecular weight is 269 g/mol. The first-order valence-electron chi connectivity index (χ1n) is 6.12. The van der Waals surface area contributed by atoms with Crippen LogP contribution in [0.15, 0.2) is 12.3 Å². The molecule has 0 fully saturated rings. The van der Waals surface area contributed by atoms with E-state index in [1.807, 2.05) is 0 Å². The lowest BCUT2D eigenvalue weighted by Crippen LogP contribution is -2.29. The maximum absolute atomic E-state index is 13.2. The van der Waals surface area contributed by atoms with Gasteiger partial charge in [-0.1, -0.05) is 20.8 Å². The number of aliphatic hydroxyl groups excluding tert-OH is 1. The van der Waals surface area contributed by atoms with Gasteiger partial charge in [-0.2, -0.15) is 0 Å². The second-order valence-electron chi connectivity index (χ2n) is 5.27. The van der Waals surface area contributed by atoms with E-state index in [0.717, 1.165) is 6.20 Å². The molecule has 6 heteroatoms. The summed E-state index contributed by atoms with van der Waals surface area (Å²) in [4.78, 5) is 15.8. The van der Waals surface area contributed by atoms with Gasteiger partial charge in [0, 0.05) is 24.1 Å². The van der Waals surface area contributed by atoms with E-state index < -0.39 is 11.2 Å². The Labute approximate surface area is 112 Å². The van der Waals surface area contributed by atoms with Gasteiger partial charge in [-0.25, -0.2) is 9.37 Å². The number of pyridine rings is 1. The first kappa shape index (κ1) is 15.5. The zero-order valence-electron chi connectivity index (χ0n) is 11.5. The number of aliphatic hydroxyl groups is 1. The number of amides is 1. The minimum atomic E-state index is -0.550. The number of carbonyl (C=O) groups is 1. The third kappa shape index (κ3) is 4.92. The number of rotatable bonds is 5. The second kappa shape index (κ2) is 6.58. The molecule has 1 aromatic rings. The molecule has 0 radical (unpaired) electrons. The fourth-order valence-electron chi connectivity index (χ4n) is 1.33. The summed E-state index contributed by atoms with van der Waals surface area (Å²) < 4.78 is 13.2. The van der Waals surface area contributed by atoms with Crippen LogP contribution in [0, 0.1) is 11.2 Å². The highest BCUT2D eigenvalue weighted by atomic mass is 19.1. The Kier molecular flexibility index (Phi) is 5.38. The monoisotopic (exact) mass is 269 g/mol. The molecular formula is C13H20FN3O2. The van der Waals surface area contributed by atoms with Gasteiger partial charge in [-0.05, 0) is 6.07 Å². The van der Waals surface area contributed by atoms with Crippen LogP contribution in [0.25, 0.3) is 0 Å². The fourth-order valence-corrected chi connectivity index (χ4v) is 1.33. The predicted octanol–water partition coefficient (Wildman–Crippen LogP) is 1.29. The minimum Gasteiger partial charge on any atom is -0.395 e. The number of hydrogen-bond acceptors (Lipinski definition) is 4. The lowest BCUT2D eigenvalue weighted by molar-refractivity contribution is -0.123. The van der Waals surface area contributed by atoms with E-state index in [1.54, 1.807) is 20.8 Å². The number of halogens is 1. The third-order valence-corrected chi connectivity index (χ3v) is 2.45. The van der Waals surface area contributed by atoms with Crippen molar-refractivity contribution in [2.75, 3.05) is 18.5 Å². The van der Waals surface area contributed by atoms with Crippen molar-refractivity contribution in [1.82, 2.24) is 10.3 Å². The van der Waals surface area contributed by atoms with Crippen LogP contribution in [-0.2, 0) is 11.3 Å². The standard InChI is InChI=1S/C13H20FN3O2/c1-13(2,3)12(19)17-11-9(7-15-4-5-18)6-10(14)8-16-11/h6,8,15,18H,4-5,7H2,1-3H3,(H,16,17,19). The molecule has 0 unspecified atom stereocenters. The normalized spacial score (nSPS) is 11.4. The van der Waals surface area contributed by atoms with Gasteiger partial charge in [-0.3, -0.25) is 4.79 Å². The second-order valence-corrected chi connectivity index (χ2v) is 5.27. The zero-order valence-corrected chi connectivity index (χ0v) is 11.5. The molecule has 0 bridgehead atoms. The summed E-state index contributed by atoms with van der Waals surface area (Å²) in [7, 11) is 0. The van der Waals surface area contributed by atoms with Gasteiger partial charge in [0.15, 0.2) is 0 Å². The van der Waals surface area contributed by atoms with Crippen LogP contribution in [0.5, 0.6) is 0 Å². The first-order chi connectivity index (χ1) is 8.84. The molecule has 1 amide bonds. The van der Waals surface area contributed by atoms with E-state index in [1.165, 1.54) is 6.07 Å². The van der Waals surface area contributed by atoms with Gasteiger partial charge in [0.2, 0.25) is 5.91 Å². The fraction of sp³-hybridized carbons (Fsp3) is 0.538.